The summed E-state index contributed by atoms with van der Waals surface area (Å²) in [5.41, 5.74) is 4.07. The fourth-order valence-electron chi connectivity index (χ4n) is 4.39. The van der Waals surface area contributed by atoms with E-state index in [4.69, 9.17) is 4.98 Å². The average Bonchev–Trinajstić information content (AvgIpc) is 3.58. The highest BCUT2D eigenvalue weighted by atomic mass is 32.2. The summed E-state index contributed by atoms with van der Waals surface area (Å²) in [5, 5.41) is 12.7. The summed E-state index contributed by atoms with van der Waals surface area (Å²) in [6, 6.07) is 18.1. The van der Waals surface area contributed by atoms with E-state index in [1.807, 2.05) is 30.3 Å². The molecule has 3 amide bonds. The Labute approximate surface area is 230 Å². The molecule has 1 saturated carbocycles. The van der Waals surface area contributed by atoms with Crippen molar-refractivity contribution >= 4 is 45.4 Å². The predicted molar refractivity (Wildman–Crippen MR) is 151 cm³/mol. The van der Waals surface area contributed by atoms with E-state index in [1.165, 1.54) is 0 Å². The maximum atomic E-state index is 12.5. The van der Waals surface area contributed by atoms with Crippen LogP contribution >= 0.6 is 0 Å². The molecule has 1 aliphatic carbocycles. The molecule has 2 fully saturated rings. The molecule has 0 atom stereocenters. The van der Waals surface area contributed by atoms with Crippen molar-refractivity contribution in [2.24, 2.45) is 0 Å². The summed E-state index contributed by atoms with van der Waals surface area (Å²) in [5.74, 6) is 0.240. The van der Waals surface area contributed by atoms with E-state index in [0.717, 1.165) is 35.5 Å². The van der Waals surface area contributed by atoms with Crippen LogP contribution in [0.25, 0.3) is 17.8 Å². The van der Waals surface area contributed by atoms with Gasteiger partial charge in [-0.05, 0) is 42.2 Å². The lowest BCUT2D eigenvalue weighted by atomic mass is 10.1. The van der Waals surface area contributed by atoms with E-state index < -0.39 is 21.8 Å². The Morgan fingerprint density at radius 3 is 2.50 bits per heavy atom. The first-order chi connectivity index (χ1) is 19.3. The van der Waals surface area contributed by atoms with Crippen LogP contribution < -0.4 is 16.0 Å². The first kappa shape index (κ1) is 25.5. The van der Waals surface area contributed by atoms with Crippen LogP contribution in [0.2, 0.25) is 0 Å². The zero-order valence-corrected chi connectivity index (χ0v) is 22.2. The summed E-state index contributed by atoms with van der Waals surface area (Å²) >= 11 is 0. The van der Waals surface area contributed by atoms with Crippen molar-refractivity contribution in [3.63, 3.8) is 0 Å². The third kappa shape index (κ3) is 5.64. The van der Waals surface area contributed by atoms with E-state index in [9.17, 15) is 18.0 Å². The molecule has 2 aliphatic rings. The third-order valence-corrected chi connectivity index (χ3v) is 8.22. The van der Waals surface area contributed by atoms with Crippen molar-refractivity contribution in [3.05, 3.63) is 101 Å². The van der Waals surface area contributed by atoms with Crippen molar-refractivity contribution in [2.75, 3.05) is 11.1 Å². The van der Waals surface area contributed by atoms with Gasteiger partial charge in [-0.25, -0.2) is 18.2 Å². The first-order valence-electron chi connectivity index (χ1n) is 12.9. The number of rotatable bonds is 9. The summed E-state index contributed by atoms with van der Waals surface area (Å²) < 4.78 is 26.7. The van der Waals surface area contributed by atoms with Gasteiger partial charge >= 0.3 is 6.03 Å². The molecule has 6 rings (SSSR count). The molecular weight excluding hydrogens is 528 g/mol. The van der Waals surface area contributed by atoms with E-state index in [1.54, 1.807) is 59.3 Å². The molecule has 1 saturated heterocycles. The zero-order chi connectivity index (χ0) is 27.7. The highest BCUT2D eigenvalue weighted by Crippen LogP contribution is 2.27. The first-order valence-corrected chi connectivity index (χ1v) is 14.5. The number of carbonyl (C=O) groups is 2. The van der Waals surface area contributed by atoms with Crippen LogP contribution in [0, 0.1) is 0 Å². The number of benzene rings is 2. The molecule has 3 N–H and O–H groups in total. The molecule has 10 nitrogen and oxygen atoms in total. The van der Waals surface area contributed by atoms with Crippen molar-refractivity contribution in [2.45, 2.75) is 30.2 Å². The van der Waals surface area contributed by atoms with Gasteiger partial charge in [0.2, 0.25) is 0 Å². The Bertz CT molecular complexity index is 1770. The molecule has 2 aromatic carbocycles. The number of sulfone groups is 1. The van der Waals surface area contributed by atoms with Gasteiger partial charge in [0.25, 0.3) is 5.91 Å². The van der Waals surface area contributed by atoms with Crippen molar-refractivity contribution < 1.29 is 18.0 Å². The minimum atomic E-state index is -3.37. The van der Waals surface area contributed by atoms with Gasteiger partial charge in [0.1, 0.15) is 11.5 Å². The van der Waals surface area contributed by atoms with Crippen molar-refractivity contribution in [1.82, 2.24) is 25.2 Å². The van der Waals surface area contributed by atoms with Gasteiger partial charge in [0.15, 0.2) is 15.5 Å². The van der Waals surface area contributed by atoms with Crippen LogP contribution in [0.15, 0.2) is 83.5 Å². The smallest absolute Gasteiger partial charge is 0.326 e. The standard InChI is InChI=1S/C29H26N6O4S/c36-28-25(33-29(37)34-28)16-21-18-30-35-26(31-22-12-13-22)17-23(32-27(21)35)15-20-10-8-19(9-11-20)5-4-14-40(38,39)24-6-2-1-3-7-24/h1-11,16-18,22,31H,12-15H2,(H2,33,34,36,37)/b5-4+,25-16-. The normalized spacial score (nSPS) is 16.6. The van der Waals surface area contributed by atoms with Crippen LogP contribution in [0.5, 0.6) is 0 Å². The lowest BCUT2D eigenvalue weighted by Gasteiger charge is -2.10. The molecular formula is C29H26N6O4S. The minimum Gasteiger partial charge on any atom is -0.367 e. The van der Waals surface area contributed by atoms with Gasteiger partial charge in [-0.2, -0.15) is 9.61 Å². The Balaban J connectivity index is 1.21. The summed E-state index contributed by atoms with van der Waals surface area (Å²) in [4.78, 5) is 28.7. The van der Waals surface area contributed by atoms with Gasteiger partial charge in [0.05, 0.1) is 22.5 Å². The Morgan fingerprint density at radius 1 is 1.02 bits per heavy atom. The lowest BCUT2D eigenvalue weighted by Crippen LogP contribution is -2.22. The molecule has 0 radical (unpaired) electrons. The Morgan fingerprint density at radius 2 is 1.80 bits per heavy atom. The number of carbonyl (C=O) groups excluding carboxylic acids is 2. The van der Waals surface area contributed by atoms with Gasteiger partial charge in [-0.15, -0.1) is 0 Å². The van der Waals surface area contributed by atoms with E-state index in [2.05, 4.69) is 21.0 Å². The van der Waals surface area contributed by atoms with Gasteiger partial charge in [-0.1, -0.05) is 54.6 Å². The van der Waals surface area contributed by atoms with Gasteiger partial charge in [0, 0.05) is 24.1 Å². The monoisotopic (exact) mass is 554 g/mol. The Hall–Kier alpha value is -4.77. The number of amides is 3. The number of nitrogens with zero attached hydrogens (tertiary/aromatic N) is 3. The highest BCUT2D eigenvalue weighted by Gasteiger charge is 2.25. The molecule has 2 aromatic heterocycles. The maximum Gasteiger partial charge on any atom is 0.326 e. The quantitative estimate of drug-likeness (QED) is 0.213. The number of hydrogen-bond donors (Lipinski definition) is 3. The zero-order valence-electron chi connectivity index (χ0n) is 21.4. The molecule has 0 unspecified atom stereocenters. The number of aromatic nitrogens is 3. The summed E-state index contributed by atoms with van der Waals surface area (Å²) in [7, 11) is -3.37. The van der Waals surface area contributed by atoms with Crippen molar-refractivity contribution in [1.29, 1.82) is 0 Å². The van der Waals surface area contributed by atoms with Crippen molar-refractivity contribution in [3.8, 4) is 0 Å². The largest absolute Gasteiger partial charge is 0.367 e. The topological polar surface area (TPSA) is 135 Å². The van der Waals surface area contributed by atoms with E-state index in [0.29, 0.717) is 28.6 Å². The lowest BCUT2D eigenvalue weighted by molar-refractivity contribution is -0.115. The highest BCUT2D eigenvalue weighted by molar-refractivity contribution is 7.91. The maximum absolute atomic E-state index is 12.5. The molecule has 0 bridgehead atoms. The van der Waals surface area contributed by atoms with E-state index >= 15 is 0 Å². The fourth-order valence-corrected chi connectivity index (χ4v) is 5.50. The number of hydrogen-bond acceptors (Lipinski definition) is 7. The number of imide groups is 1. The molecule has 40 heavy (non-hydrogen) atoms. The van der Waals surface area contributed by atoms with Gasteiger partial charge < -0.3 is 10.6 Å². The molecule has 4 aromatic rings. The second-order valence-electron chi connectivity index (χ2n) is 9.77. The molecule has 1 aliphatic heterocycles. The van der Waals surface area contributed by atoms with Crippen LogP contribution in [0.1, 0.15) is 35.2 Å². The fraction of sp³-hybridized carbons (Fsp3) is 0.172. The Kier molecular flexibility index (Phi) is 6.64. The second-order valence-corrected chi connectivity index (χ2v) is 11.8. The summed E-state index contributed by atoms with van der Waals surface area (Å²) in [6.07, 6.45) is 9.38. The van der Waals surface area contributed by atoms with Crippen LogP contribution in [-0.4, -0.2) is 46.7 Å². The molecule has 0 spiro atoms. The second kappa shape index (κ2) is 10.4. The predicted octanol–water partition coefficient (Wildman–Crippen LogP) is 3.56. The molecule has 11 heteroatoms. The minimum absolute atomic E-state index is 0.0747. The number of urea groups is 1. The third-order valence-electron chi connectivity index (χ3n) is 6.59. The average molecular weight is 555 g/mol. The summed E-state index contributed by atoms with van der Waals surface area (Å²) in [6.45, 7) is 0. The van der Waals surface area contributed by atoms with Crippen LogP contribution in [-0.2, 0) is 21.1 Å². The molecule has 202 valence electrons. The van der Waals surface area contributed by atoms with Crippen LogP contribution in [0.4, 0.5) is 10.6 Å². The number of anilines is 1. The molecule has 3 heterocycles. The van der Waals surface area contributed by atoms with Gasteiger partial charge in [-0.3, -0.25) is 10.1 Å². The van der Waals surface area contributed by atoms with Crippen LogP contribution in [0.3, 0.4) is 0 Å². The number of fused-ring (bicyclic) bond motifs is 1. The SMILES string of the molecule is O=C1NC(=O)/C(=C/c2cnn3c(NC4CC4)cc(Cc4ccc(/C=C/CS(=O)(=O)c5ccccc5)cc4)nc23)N1. The van der Waals surface area contributed by atoms with E-state index in [-0.39, 0.29) is 11.4 Å². The number of nitrogens with one attached hydrogen (secondary N) is 3.